The SMILES string of the molecule is CCN(C1CCCCC1)S(=O)(=O)c1cc(CN)sc1Br. The number of thiophene rings is 1. The van der Waals surface area contributed by atoms with E-state index in [0.29, 0.717) is 21.8 Å². The van der Waals surface area contributed by atoms with Crippen molar-refractivity contribution in [1.82, 2.24) is 4.31 Å². The maximum absolute atomic E-state index is 12.9. The molecule has 0 aliphatic heterocycles. The molecule has 4 nitrogen and oxygen atoms in total. The fourth-order valence-electron chi connectivity index (χ4n) is 2.79. The van der Waals surface area contributed by atoms with Crippen molar-refractivity contribution in [1.29, 1.82) is 0 Å². The molecular weight excluding hydrogens is 360 g/mol. The van der Waals surface area contributed by atoms with Crippen LogP contribution in [0.25, 0.3) is 0 Å². The molecule has 20 heavy (non-hydrogen) atoms. The van der Waals surface area contributed by atoms with E-state index in [2.05, 4.69) is 15.9 Å². The zero-order valence-corrected chi connectivity index (χ0v) is 14.9. The predicted molar refractivity (Wildman–Crippen MR) is 86.3 cm³/mol. The Bertz CT molecular complexity index is 551. The van der Waals surface area contributed by atoms with E-state index in [1.807, 2.05) is 6.92 Å². The monoisotopic (exact) mass is 380 g/mol. The van der Waals surface area contributed by atoms with Crippen molar-refractivity contribution in [3.63, 3.8) is 0 Å². The molecular formula is C13H21BrN2O2S2. The van der Waals surface area contributed by atoms with Gasteiger partial charge >= 0.3 is 0 Å². The van der Waals surface area contributed by atoms with Crippen LogP contribution >= 0.6 is 27.3 Å². The Morgan fingerprint density at radius 2 is 2.05 bits per heavy atom. The van der Waals surface area contributed by atoms with Crippen LogP contribution in [0.1, 0.15) is 43.9 Å². The molecule has 0 spiro atoms. The normalized spacial score (nSPS) is 17.8. The zero-order valence-electron chi connectivity index (χ0n) is 11.6. The Kier molecular flexibility index (Phi) is 5.64. The van der Waals surface area contributed by atoms with Crippen molar-refractivity contribution in [3.05, 3.63) is 14.7 Å². The molecule has 0 atom stereocenters. The first kappa shape index (κ1) is 16.4. The molecule has 1 aromatic heterocycles. The van der Waals surface area contributed by atoms with Crippen molar-refractivity contribution in [2.24, 2.45) is 5.73 Å². The van der Waals surface area contributed by atoms with E-state index >= 15 is 0 Å². The standard InChI is InChI=1S/C13H21BrN2O2S2/c1-2-16(10-6-4-3-5-7-10)20(17,18)12-8-11(9-15)19-13(12)14/h8,10H,2-7,9,15H2,1H3. The molecule has 1 heterocycles. The first-order chi connectivity index (χ1) is 9.50. The molecule has 1 fully saturated rings. The van der Waals surface area contributed by atoms with Gasteiger partial charge in [0.2, 0.25) is 10.0 Å². The summed E-state index contributed by atoms with van der Waals surface area (Å²) in [7, 11) is -3.43. The maximum Gasteiger partial charge on any atom is 0.245 e. The molecule has 7 heteroatoms. The van der Waals surface area contributed by atoms with Gasteiger partial charge in [-0.25, -0.2) is 8.42 Å². The lowest BCUT2D eigenvalue weighted by atomic mass is 9.95. The van der Waals surface area contributed by atoms with Gasteiger partial charge in [-0.05, 0) is 34.8 Å². The molecule has 114 valence electrons. The summed E-state index contributed by atoms with van der Waals surface area (Å²) in [5.74, 6) is 0. The summed E-state index contributed by atoms with van der Waals surface area (Å²) in [5.41, 5.74) is 5.61. The van der Waals surface area contributed by atoms with Crippen LogP contribution in [0.2, 0.25) is 0 Å². The van der Waals surface area contributed by atoms with Crippen LogP contribution < -0.4 is 5.73 Å². The van der Waals surface area contributed by atoms with Crippen molar-refractivity contribution < 1.29 is 8.42 Å². The largest absolute Gasteiger partial charge is 0.326 e. The van der Waals surface area contributed by atoms with Gasteiger partial charge in [0, 0.05) is 24.0 Å². The first-order valence-corrected chi connectivity index (χ1v) is 10.1. The van der Waals surface area contributed by atoms with E-state index in [4.69, 9.17) is 5.73 Å². The number of nitrogens with zero attached hydrogens (tertiary/aromatic N) is 1. The molecule has 1 aliphatic rings. The fourth-order valence-corrected chi connectivity index (χ4v) is 7.00. The third-order valence-electron chi connectivity index (χ3n) is 3.79. The van der Waals surface area contributed by atoms with Gasteiger partial charge in [-0.1, -0.05) is 26.2 Å². The number of hydrogen-bond acceptors (Lipinski definition) is 4. The highest BCUT2D eigenvalue weighted by atomic mass is 79.9. The summed E-state index contributed by atoms with van der Waals surface area (Å²) < 4.78 is 28.1. The molecule has 0 aromatic carbocycles. The van der Waals surface area contributed by atoms with E-state index in [1.54, 1.807) is 10.4 Å². The average Bonchev–Trinajstić information content (AvgIpc) is 2.82. The van der Waals surface area contributed by atoms with E-state index < -0.39 is 10.0 Å². The number of rotatable bonds is 5. The van der Waals surface area contributed by atoms with Gasteiger partial charge in [0.15, 0.2) is 0 Å². The Labute approximate surface area is 133 Å². The zero-order chi connectivity index (χ0) is 14.8. The number of halogens is 1. The summed E-state index contributed by atoms with van der Waals surface area (Å²) >= 11 is 4.77. The lowest BCUT2D eigenvalue weighted by molar-refractivity contribution is 0.261. The van der Waals surface area contributed by atoms with Gasteiger partial charge in [-0.15, -0.1) is 11.3 Å². The number of nitrogens with two attached hydrogens (primary N) is 1. The average molecular weight is 381 g/mol. The molecule has 0 amide bonds. The number of hydrogen-bond donors (Lipinski definition) is 1. The highest BCUT2D eigenvalue weighted by Crippen LogP contribution is 2.35. The van der Waals surface area contributed by atoms with E-state index in [1.165, 1.54) is 17.8 Å². The first-order valence-electron chi connectivity index (χ1n) is 7.00. The minimum atomic E-state index is -3.43. The second-order valence-electron chi connectivity index (χ2n) is 5.06. The Hall–Kier alpha value is 0.0500. The summed E-state index contributed by atoms with van der Waals surface area (Å²) in [6, 6.07) is 1.85. The Balaban J connectivity index is 2.32. The van der Waals surface area contributed by atoms with Crippen LogP contribution in [0.3, 0.4) is 0 Å². The van der Waals surface area contributed by atoms with Crippen LogP contribution in [0.15, 0.2) is 14.7 Å². The van der Waals surface area contributed by atoms with Crippen molar-refractivity contribution in [3.8, 4) is 0 Å². The summed E-state index contributed by atoms with van der Waals surface area (Å²) in [6.45, 7) is 2.80. The second kappa shape index (κ2) is 6.87. The van der Waals surface area contributed by atoms with E-state index in [0.717, 1.165) is 30.6 Å². The van der Waals surface area contributed by atoms with Gasteiger partial charge in [-0.2, -0.15) is 4.31 Å². The topological polar surface area (TPSA) is 63.4 Å². The minimum absolute atomic E-state index is 0.145. The summed E-state index contributed by atoms with van der Waals surface area (Å²) in [4.78, 5) is 1.26. The lowest BCUT2D eigenvalue weighted by Crippen LogP contribution is -2.41. The van der Waals surface area contributed by atoms with Gasteiger partial charge in [0.1, 0.15) is 4.90 Å². The van der Waals surface area contributed by atoms with Crippen molar-refractivity contribution in [2.75, 3.05) is 6.54 Å². The highest BCUT2D eigenvalue weighted by Gasteiger charge is 2.33. The maximum atomic E-state index is 12.9. The Morgan fingerprint density at radius 3 is 2.55 bits per heavy atom. The molecule has 2 rings (SSSR count). The molecule has 0 radical (unpaired) electrons. The molecule has 0 bridgehead atoms. The van der Waals surface area contributed by atoms with Crippen LogP contribution in [-0.2, 0) is 16.6 Å². The lowest BCUT2D eigenvalue weighted by Gasteiger charge is -2.32. The van der Waals surface area contributed by atoms with Gasteiger partial charge in [0.25, 0.3) is 0 Å². The van der Waals surface area contributed by atoms with Crippen molar-refractivity contribution in [2.45, 2.75) is 56.5 Å². The van der Waals surface area contributed by atoms with Gasteiger partial charge in [-0.3, -0.25) is 0 Å². The van der Waals surface area contributed by atoms with E-state index in [-0.39, 0.29) is 6.04 Å². The second-order valence-corrected chi connectivity index (χ2v) is 9.37. The molecule has 1 saturated carbocycles. The van der Waals surface area contributed by atoms with E-state index in [9.17, 15) is 8.42 Å². The van der Waals surface area contributed by atoms with Crippen LogP contribution in [0, 0.1) is 0 Å². The quantitative estimate of drug-likeness (QED) is 0.851. The molecule has 1 aliphatic carbocycles. The predicted octanol–water partition coefficient (Wildman–Crippen LogP) is 3.31. The molecule has 0 unspecified atom stereocenters. The number of sulfonamides is 1. The molecule has 2 N–H and O–H groups in total. The summed E-state index contributed by atoms with van der Waals surface area (Å²) in [6.07, 6.45) is 5.40. The van der Waals surface area contributed by atoms with Crippen molar-refractivity contribution >= 4 is 37.3 Å². The Morgan fingerprint density at radius 1 is 1.40 bits per heavy atom. The molecule has 1 aromatic rings. The third kappa shape index (κ3) is 3.27. The summed E-state index contributed by atoms with van der Waals surface area (Å²) in [5, 5.41) is 0. The smallest absolute Gasteiger partial charge is 0.245 e. The van der Waals surface area contributed by atoms with Gasteiger partial charge < -0.3 is 5.73 Å². The van der Waals surface area contributed by atoms with Gasteiger partial charge in [0.05, 0.1) is 3.79 Å². The fraction of sp³-hybridized carbons (Fsp3) is 0.692. The third-order valence-corrected chi connectivity index (χ3v) is 8.09. The minimum Gasteiger partial charge on any atom is -0.326 e. The van der Waals surface area contributed by atoms with Crippen LogP contribution in [0.4, 0.5) is 0 Å². The van der Waals surface area contributed by atoms with Crippen LogP contribution in [-0.4, -0.2) is 25.3 Å². The van der Waals surface area contributed by atoms with Crippen LogP contribution in [0.5, 0.6) is 0 Å². The molecule has 0 saturated heterocycles. The highest BCUT2D eigenvalue weighted by molar-refractivity contribution is 9.11.